The first-order valence-corrected chi connectivity index (χ1v) is 23.3. The molecule has 2 aromatic heterocycles. The Morgan fingerprint density at radius 3 is 2.62 bits per heavy atom. The molecule has 2 fully saturated rings. The molecule has 344 valence electrons. The topological polar surface area (TPSA) is 172 Å². The monoisotopic (exact) mass is 935 g/mol. The van der Waals surface area contributed by atoms with E-state index in [4.69, 9.17) is 21.1 Å². The molecule has 8 rings (SSSR count). The van der Waals surface area contributed by atoms with Crippen molar-refractivity contribution in [2.24, 2.45) is 11.3 Å². The number of nitro groups is 1. The zero-order valence-corrected chi connectivity index (χ0v) is 37.4. The quantitative estimate of drug-likeness (QED) is 0.0758. The van der Waals surface area contributed by atoms with Crippen molar-refractivity contribution in [3.05, 3.63) is 117 Å². The molecular weight excluding hydrogens is 887 g/mol. The third kappa shape index (κ3) is 10.6. The van der Waals surface area contributed by atoms with Crippen molar-refractivity contribution in [3.8, 4) is 11.5 Å². The summed E-state index contributed by atoms with van der Waals surface area (Å²) in [5, 5.41) is 16.0. The van der Waals surface area contributed by atoms with Crippen LogP contribution in [0.5, 0.6) is 11.5 Å². The molecule has 3 aromatic carbocycles. The number of piperazine rings is 1. The number of aromatic amines is 1. The summed E-state index contributed by atoms with van der Waals surface area (Å²) in [6, 6.07) is 15.4. The molecule has 3 aliphatic rings. The highest BCUT2D eigenvalue weighted by Crippen LogP contribution is 2.46. The highest BCUT2D eigenvalue weighted by Gasteiger charge is 2.34. The molecule has 0 saturated carbocycles. The number of hydrogen-bond acceptors (Lipinski definition) is 11. The number of ether oxygens (including phenoxy) is 2. The summed E-state index contributed by atoms with van der Waals surface area (Å²) in [6.07, 6.45) is 2.82. The van der Waals surface area contributed by atoms with Crippen LogP contribution in [0.3, 0.4) is 0 Å². The van der Waals surface area contributed by atoms with Gasteiger partial charge in [-0.3, -0.25) is 19.8 Å². The van der Waals surface area contributed by atoms with Crippen LogP contribution in [0, 0.1) is 21.4 Å². The van der Waals surface area contributed by atoms with Crippen LogP contribution >= 0.6 is 11.6 Å². The van der Waals surface area contributed by atoms with Crippen molar-refractivity contribution in [2.75, 3.05) is 62.7 Å². The second kappa shape index (κ2) is 18.7. The van der Waals surface area contributed by atoms with Crippen LogP contribution in [0.25, 0.3) is 16.6 Å². The Morgan fingerprint density at radius 1 is 1.09 bits per heavy atom. The Kier molecular flexibility index (Phi) is 13.2. The molecule has 1 unspecified atom stereocenters. The fourth-order valence-corrected chi connectivity index (χ4v) is 10.0. The third-order valence-electron chi connectivity index (χ3n) is 12.3. The number of halogens is 4. The number of hydrogen-bond donors (Lipinski definition) is 3. The van der Waals surface area contributed by atoms with Gasteiger partial charge in [-0.1, -0.05) is 43.2 Å². The number of anilines is 2. The average Bonchev–Trinajstić information content (AvgIpc) is 3.74. The predicted molar refractivity (Wildman–Crippen MR) is 242 cm³/mol. The first-order chi connectivity index (χ1) is 30.9. The number of nitrogens with zero attached hydrogens (tertiary/aromatic N) is 4. The van der Waals surface area contributed by atoms with E-state index in [2.05, 4.69) is 38.8 Å². The van der Waals surface area contributed by atoms with Gasteiger partial charge in [0.2, 0.25) is 0 Å². The van der Waals surface area contributed by atoms with E-state index in [1.807, 2.05) is 11.0 Å². The van der Waals surface area contributed by atoms with Gasteiger partial charge >= 0.3 is 6.18 Å². The number of rotatable bonds is 13. The van der Waals surface area contributed by atoms with Crippen LogP contribution < -0.4 is 19.7 Å². The van der Waals surface area contributed by atoms with E-state index < -0.39 is 43.2 Å². The van der Waals surface area contributed by atoms with Gasteiger partial charge < -0.3 is 24.7 Å². The molecular formula is C46H49ClF3N7O7S. The third-order valence-corrected chi connectivity index (χ3v) is 13.9. The molecule has 2 aliphatic heterocycles. The molecule has 4 heterocycles. The number of allylic oxidation sites excluding steroid dienone is 1. The van der Waals surface area contributed by atoms with Gasteiger partial charge in [-0.05, 0) is 103 Å². The van der Waals surface area contributed by atoms with Crippen molar-refractivity contribution < 1.29 is 40.8 Å². The Labute approximate surface area is 379 Å². The number of nitro benzene ring substituents is 1. The normalized spacial score (nSPS) is 18.4. The fourth-order valence-electron chi connectivity index (χ4n) is 8.74. The molecule has 0 spiro atoms. The van der Waals surface area contributed by atoms with E-state index >= 15 is 0 Å². The molecule has 1 amide bonds. The predicted octanol–water partition coefficient (Wildman–Crippen LogP) is 9.68. The number of amides is 1. The standard InChI is InChI=1S/C46H49ClF3N7O7S/c1-45(2)14-12-31(37(24-45)35-10-8-32(22-38(35)47)46(48,49)50)27-55-16-18-56(19-17-55)40-7-3-6-36(42(40)64-33-21-30-13-15-51-43(30)53-26-33)44(58)54-65(61,62)34-9-11-39(41(23-34)57(59)60)52-25-29-5-4-20-63-28-29/h3,6-11,13,15,21-23,26,29,52H,4-5,12,14,16-20,24-25,27-28H2,1-2H3,(H,51,53)(H,54,58). The Balaban J connectivity index is 1.04. The van der Waals surface area contributed by atoms with Crippen LogP contribution in [0.15, 0.2) is 89.6 Å². The molecule has 14 nitrogen and oxygen atoms in total. The van der Waals surface area contributed by atoms with Gasteiger partial charge in [0, 0.05) is 68.5 Å². The first kappa shape index (κ1) is 45.9. The van der Waals surface area contributed by atoms with Gasteiger partial charge in [-0.15, -0.1) is 0 Å². The molecule has 65 heavy (non-hydrogen) atoms. The van der Waals surface area contributed by atoms with E-state index in [1.54, 1.807) is 24.4 Å². The maximum absolute atomic E-state index is 14.1. The lowest BCUT2D eigenvalue weighted by Gasteiger charge is -2.39. The summed E-state index contributed by atoms with van der Waals surface area (Å²) in [7, 11) is -4.64. The minimum Gasteiger partial charge on any atom is -0.453 e. The number of carbonyl (C=O) groups excluding carboxylic acids is 1. The van der Waals surface area contributed by atoms with Crippen LogP contribution in [-0.2, 0) is 20.9 Å². The van der Waals surface area contributed by atoms with Crippen molar-refractivity contribution in [3.63, 3.8) is 0 Å². The molecule has 5 aromatic rings. The SMILES string of the molecule is CC1(C)CCC(CN2CCN(c3cccc(C(=O)NS(=O)(=O)c4ccc(NCC5CCCOC5)c([N+](=O)[O-])c4)c3Oc3cnc4[nH]ccc4c3)CC2)=C(c2ccc(C(F)(F)F)cc2Cl)C1. The summed E-state index contributed by atoms with van der Waals surface area (Å²) in [4.78, 5) is 36.9. The molecule has 0 radical (unpaired) electrons. The van der Waals surface area contributed by atoms with Crippen molar-refractivity contribution in [2.45, 2.75) is 57.0 Å². The van der Waals surface area contributed by atoms with Crippen molar-refractivity contribution in [1.82, 2.24) is 19.6 Å². The number of alkyl halides is 3. The molecule has 1 aliphatic carbocycles. The number of aromatic nitrogens is 2. The van der Waals surface area contributed by atoms with Crippen LogP contribution in [0.2, 0.25) is 5.02 Å². The van der Waals surface area contributed by atoms with Gasteiger partial charge in [0.1, 0.15) is 17.1 Å². The van der Waals surface area contributed by atoms with Gasteiger partial charge in [0.25, 0.3) is 21.6 Å². The summed E-state index contributed by atoms with van der Waals surface area (Å²) in [5.41, 5.74) is 2.56. The largest absolute Gasteiger partial charge is 0.453 e. The summed E-state index contributed by atoms with van der Waals surface area (Å²) >= 11 is 6.55. The second-order valence-electron chi connectivity index (χ2n) is 17.6. The molecule has 2 saturated heterocycles. The van der Waals surface area contributed by atoms with E-state index in [9.17, 15) is 36.5 Å². The molecule has 3 N–H and O–H groups in total. The van der Waals surface area contributed by atoms with Crippen molar-refractivity contribution >= 4 is 61.2 Å². The number of nitrogens with one attached hydrogen (secondary N) is 3. The maximum atomic E-state index is 14.1. The summed E-state index contributed by atoms with van der Waals surface area (Å²) in [6.45, 7) is 8.62. The number of carbonyl (C=O) groups is 1. The fraction of sp³-hybridized carbons (Fsp3) is 0.391. The smallest absolute Gasteiger partial charge is 0.416 e. The average molecular weight is 936 g/mol. The lowest BCUT2D eigenvalue weighted by Crippen LogP contribution is -2.47. The number of fused-ring (bicyclic) bond motifs is 1. The van der Waals surface area contributed by atoms with Crippen LogP contribution in [0.1, 0.15) is 67.4 Å². The van der Waals surface area contributed by atoms with E-state index in [-0.39, 0.29) is 33.4 Å². The van der Waals surface area contributed by atoms with E-state index in [0.717, 1.165) is 60.4 Å². The second-order valence-corrected chi connectivity index (χ2v) is 19.6. The zero-order valence-electron chi connectivity index (χ0n) is 35.8. The Morgan fingerprint density at radius 2 is 1.89 bits per heavy atom. The molecule has 0 bridgehead atoms. The number of para-hydroxylation sites is 1. The van der Waals surface area contributed by atoms with Crippen LogP contribution in [0.4, 0.5) is 30.2 Å². The van der Waals surface area contributed by atoms with Gasteiger partial charge in [-0.25, -0.2) is 18.1 Å². The number of pyridine rings is 1. The van der Waals surface area contributed by atoms with Gasteiger partial charge in [0.05, 0.1) is 39.4 Å². The highest BCUT2D eigenvalue weighted by atomic mass is 35.5. The zero-order chi connectivity index (χ0) is 46.1. The number of H-pyrrole nitrogens is 1. The summed E-state index contributed by atoms with van der Waals surface area (Å²) in [5.74, 6) is -0.494. The molecule has 1 atom stereocenters. The number of benzene rings is 3. The highest BCUT2D eigenvalue weighted by molar-refractivity contribution is 7.90. The minimum absolute atomic E-state index is 0.0673. The minimum atomic E-state index is -4.64. The Bertz CT molecular complexity index is 2750. The first-order valence-electron chi connectivity index (χ1n) is 21.4. The molecule has 19 heteroatoms. The van der Waals surface area contributed by atoms with Crippen molar-refractivity contribution in [1.29, 1.82) is 0 Å². The van der Waals surface area contributed by atoms with E-state index in [1.165, 1.54) is 30.5 Å². The number of sulfonamides is 1. The lowest BCUT2D eigenvalue weighted by atomic mass is 9.72. The van der Waals surface area contributed by atoms with E-state index in [0.29, 0.717) is 81.6 Å². The van der Waals surface area contributed by atoms with Crippen LogP contribution in [-0.4, -0.2) is 86.6 Å². The lowest BCUT2D eigenvalue weighted by molar-refractivity contribution is -0.384. The Hall–Kier alpha value is -5.69. The maximum Gasteiger partial charge on any atom is 0.416 e. The summed E-state index contributed by atoms with van der Waals surface area (Å²) < 4.78 is 82.2. The van der Waals surface area contributed by atoms with Gasteiger partial charge in [-0.2, -0.15) is 13.2 Å². The van der Waals surface area contributed by atoms with Gasteiger partial charge in [0.15, 0.2) is 5.75 Å².